The van der Waals surface area contributed by atoms with Gasteiger partial charge < -0.3 is 10.8 Å². The molecule has 1 saturated heterocycles. The summed E-state index contributed by atoms with van der Waals surface area (Å²) in [6, 6.07) is 4.14. The van der Waals surface area contributed by atoms with E-state index >= 15 is 0 Å². The van der Waals surface area contributed by atoms with Crippen LogP contribution in [-0.2, 0) is 6.54 Å². The average Bonchev–Trinajstić information content (AvgIpc) is 2.33. The van der Waals surface area contributed by atoms with Crippen molar-refractivity contribution in [2.45, 2.75) is 31.8 Å². The van der Waals surface area contributed by atoms with Crippen LogP contribution in [0.4, 0.5) is 5.82 Å². The number of nitrogens with two attached hydrogens (primary N) is 1. The zero-order chi connectivity index (χ0) is 11.4. The van der Waals surface area contributed by atoms with Crippen LogP contribution in [0.1, 0.15) is 24.8 Å². The lowest BCUT2D eigenvalue weighted by Gasteiger charge is -2.34. The predicted molar refractivity (Wildman–Crippen MR) is 63.8 cm³/mol. The van der Waals surface area contributed by atoms with E-state index in [2.05, 4.69) is 9.88 Å². The Bertz CT molecular complexity index is 326. The minimum atomic E-state index is 0.252. The molecule has 0 amide bonds. The third-order valence-corrected chi connectivity index (χ3v) is 3.19. The summed E-state index contributed by atoms with van der Waals surface area (Å²) in [6.07, 6.45) is 5.36. The molecule has 16 heavy (non-hydrogen) atoms. The smallest absolute Gasteiger partial charge is 0.123 e. The molecule has 0 bridgehead atoms. The Hall–Kier alpha value is -1.13. The molecular formula is C12H19N3O. The Balaban J connectivity index is 1.99. The van der Waals surface area contributed by atoms with Crippen molar-refractivity contribution in [2.75, 3.05) is 18.9 Å². The van der Waals surface area contributed by atoms with Gasteiger partial charge in [-0.3, -0.25) is 4.90 Å². The highest BCUT2D eigenvalue weighted by atomic mass is 16.3. The number of hydrogen-bond acceptors (Lipinski definition) is 4. The van der Waals surface area contributed by atoms with E-state index in [9.17, 15) is 5.11 Å². The number of aliphatic hydroxyl groups is 1. The molecule has 3 N–H and O–H groups in total. The van der Waals surface area contributed by atoms with Crippen molar-refractivity contribution >= 4 is 5.82 Å². The molecule has 1 atom stereocenters. The number of aliphatic hydroxyl groups excluding tert-OH is 1. The van der Waals surface area contributed by atoms with Gasteiger partial charge in [0, 0.05) is 18.8 Å². The fourth-order valence-electron chi connectivity index (χ4n) is 2.24. The fourth-order valence-corrected chi connectivity index (χ4v) is 2.24. The monoisotopic (exact) mass is 221 g/mol. The number of rotatable bonds is 3. The molecule has 1 aromatic rings. The molecule has 2 heterocycles. The highest BCUT2D eigenvalue weighted by molar-refractivity contribution is 5.29. The van der Waals surface area contributed by atoms with Crippen LogP contribution >= 0.6 is 0 Å². The molecule has 1 aliphatic heterocycles. The van der Waals surface area contributed by atoms with Gasteiger partial charge >= 0.3 is 0 Å². The van der Waals surface area contributed by atoms with Crippen LogP contribution in [0.3, 0.4) is 0 Å². The van der Waals surface area contributed by atoms with Gasteiger partial charge in [0.15, 0.2) is 0 Å². The van der Waals surface area contributed by atoms with E-state index in [4.69, 9.17) is 5.73 Å². The summed E-state index contributed by atoms with van der Waals surface area (Å²) < 4.78 is 0. The Labute approximate surface area is 96.1 Å². The van der Waals surface area contributed by atoms with Gasteiger partial charge in [0.05, 0.1) is 6.61 Å². The Morgan fingerprint density at radius 3 is 3.00 bits per heavy atom. The maximum absolute atomic E-state index is 9.31. The Kier molecular flexibility index (Phi) is 3.74. The second-order valence-electron chi connectivity index (χ2n) is 4.39. The molecule has 0 spiro atoms. The number of pyridine rings is 1. The van der Waals surface area contributed by atoms with E-state index in [1.54, 1.807) is 0 Å². The fraction of sp³-hybridized carbons (Fsp3) is 0.583. The molecule has 0 aliphatic carbocycles. The topological polar surface area (TPSA) is 62.4 Å². The molecule has 1 fully saturated rings. The third-order valence-electron chi connectivity index (χ3n) is 3.19. The van der Waals surface area contributed by atoms with Crippen LogP contribution < -0.4 is 5.73 Å². The van der Waals surface area contributed by atoms with Crippen LogP contribution in [0.2, 0.25) is 0 Å². The van der Waals surface area contributed by atoms with E-state index in [1.807, 2.05) is 18.3 Å². The second-order valence-corrected chi connectivity index (χ2v) is 4.39. The average molecular weight is 221 g/mol. The van der Waals surface area contributed by atoms with E-state index in [0.29, 0.717) is 11.9 Å². The lowest BCUT2D eigenvalue weighted by Crippen LogP contribution is -2.41. The van der Waals surface area contributed by atoms with Gasteiger partial charge in [-0.15, -0.1) is 0 Å². The predicted octanol–water partition coefficient (Wildman–Crippen LogP) is 1.01. The quantitative estimate of drug-likeness (QED) is 0.799. The van der Waals surface area contributed by atoms with Crippen molar-refractivity contribution in [3.05, 3.63) is 23.9 Å². The minimum Gasteiger partial charge on any atom is -0.395 e. The first kappa shape index (κ1) is 11.4. The number of aromatic nitrogens is 1. The molecule has 0 saturated carbocycles. The second kappa shape index (κ2) is 5.27. The lowest BCUT2D eigenvalue weighted by molar-refractivity contribution is 0.0840. The van der Waals surface area contributed by atoms with Crippen molar-refractivity contribution < 1.29 is 5.11 Å². The minimum absolute atomic E-state index is 0.252. The molecule has 4 nitrogen and oxygen atoms in total. The Morgan fingerprint density at radius 1 is 1.44 bits per heavy atom. The highest BCUT2D eigenvalue weighted by Crippen LogP contribution is 2.19. The normalized spacial score (nSPS) is 22.2. The third kappa shape index (κ3) is 2.71. The summed E-state index contributed by atoms with van der Waals surface area (Å²) >= 11 is 0. The lowest BCUT2D eigenvalue weighted by atomic mass is 10.0. The molecule has 4 heteroatoms. The van der Waals surface area contributed by atoms with E-state index in [-0.39, 0.29) is 6.61 Å². The van der Waals surface area contributed by atoms with Gasteiger partial charge in [-0.25, -0.2) is 4.98 Å². The molecule has 88 valence electrons. The van der Waals surface area contributed by atoms with E-state index in [1.165, 1.54) is 12.8 Å². The number of nitrogen functional groups attached to an aromatic ring is 1. The van der Waals surface area contributed by atoms with Crippen molar-refractivity contribution in [1.82, 2.24) is 9.88 Å². The zero-order valence-electron chi connectivity index (χ0n) is 9.47. The summed E-state index contributed by atoms with van der Waals surface area (Å²) in [5, 5.41) is 9.31. The van der Waals surface area contributed by atoms with Gasteiger partial charge in [0.25, 0.3) is 0 Å². The SMILES string of the molecule is Nc1ccc(CN2CCCCC2CO)cn1. The maximum atomic E-state index is 9.31. The number of likely N-dealkylation sites (tertiary alicyclic amines) is 1. The van der Waals surface area contributed by atoms with Gasteiger partial charge in [0.2, 0.25) is 0 Å². The van der Waals surface area contributed by atoms with Crippen LogP contribution in [0.5, 0.6) is 0 Å². The molecule has 2 rings (SSSR count). The number of anilines is 1. The van der Waals surface area contributed by atoms with Gasteiger partial charge in [-0.1, -0.05) is 12.5 Å². The van der Waals surface area contributed by atoms with Gasteiger partial charge in [-0.05, 0) is 31.0 Å². The van der Waals surface area contributed by atoms with E-state index < -0.39 is 0 Å². The summed E-state index contributed by atoms with van der Waals surface area (Å²) in [6.45, 7) is 2.18. The first-order valence-corrected chi connectivity index (χ1v) is 5.85. The molecule has 1 aromatic heterocycles. The molecule has 0 aromatic carbocycles. The Morgan fingerprint density at radius 2 is 2.31 bits per heavy atom. The van der Waals surface area contributed by atoms with Crippen molar-refractivity contribution in [1.29, 1.82) is 0 Å². The molecule has 1 unspecified atom stereocenters. The summed E-state index contributed by atoms with van der Waals surface area (Å²) in [4.78, 5) is 6.41. The first-order chi connectivity index (χ1) is 7.79. The zero-order valence-corrected chi connectivity index (χ0v) is 9.47. The van der Waals surface area contributed by atoms with Crippen molar-refractivity contribution in [3.63, 3.8) is 0 Å². The molecule has 0 radical (unpaired) electrons. The largest absolute Gasteiger partial charge is 0.395 e. The van der Waals surface area contributed by atoms with E-state index in [0.717, 1.165) is 25.1 Å². The van der Waals surface area contributed by atoms with Crippen molar-refractivity contribution in [2.24, 2.45) is 0 Å². The number of nitrogens with zero attached hydrogens (tertiary/aromatic N) is 2. The highest BCUT2D eigenvalue weighted by Gasteiger charge is 2.21. The summed E-state index contributed by atoms with van der Waals surface area (Å²) in [7, 11) is 0. The van der Waals surface area contributed by atoms with Gasteiger partial charge in [-0.2, -0.15) is 0 Å². The van der Waals surface area contributed by atoms with Crippen LogP contribution in [-0.4, -0.2) is 34.2 Å². The van der Waals surface area contributed by atoms with Gasteiger partial charge in [0.1, 0.15) is 5.82 Å². The first-order valence-electron chi connectivity index (χ1n) is 5.85. The molecular weight excluding hydrogens is 202 g/mol. The standard InChI is InChI=1S/C12H19N3O/c13-12-5-4-10(7-14-12)8-15-6-2-1-3-11(15)9-16/h4-5,7,11,16H,1-3,6,8-9H2,(H2,13,14). The van der Waals surface area contributed by atoms with Crippen molar-refractivity contribution in [3.8, 4) is 0 Å². The maximum Gasteiger partial charge on any atom is 0.123 e. The number of hydrogen-bond donors (Lipinski definition) is 2. The molecule has 1 aliphatic rings. The number of piperidine rings is 1. The summed E-state index contributed by atoms with van der Waals surface area (Å²) in [5.41, 5.74) is 6.71. The van der Waals surface area contributed by atoms with Crippen LogP contribution in [0, 0.1) is 0 Å². The summed E-state index contributed by atoms with van der Waals surface area (Å²) in [5.74, 6) is 0.557. The van der Waals surface area contributed by atoms with Crippen LogP contribution in [0.25, 0.3) is 0 Å². The van der Waals surface area contributed by atoms with Crippen LogP contribution in [0.15, 0.2) is 18.3 Å².